The van der Waals surface area contributed by atoms with E-state index in [0.717, 1.165) is 22.2 Å². The van der Waals surface area contributed by atoms with Crippen molar-refractivity contribution in [2.45, 2.75) is 6.92 Å². The predicted octanol–water partition coefficient (Wildman–Crippen LogP) is 4.68. The van der Waals surface area contributed by atoms with Crippen LogP contribution < -0.4 is 16.4 Å². The van der Waals surface area contributed by atoms with Crippen LogP contribution in [0.5, 0.6) is 0 Å². The highest BCUT2D eigenvalue weighted by molar-refractivity contribution is 6.00. The van der Waals surface area contributed by atoms with Crippen LogP contribution in [0.4, 0.5) is 26.4 Å². The predicted molar refractivity (Wildman–Crippen MR) is 109 cm³/mol. The summed E-state index contributed by atoms with van der Waals surface area (Å²) in [6.45, 7) is 1.83. The summed E-state index contributed by atoms with van der Waals surface area (Å²) in [5.41, 5.74) is 10.3. The number of amides is 2. The molecule has 2 aromatic heterocycles. The number of fused-ring (bicyclic) bond motifs is 1. The van der Waals surface area contributed by atoms with Gasteiger partial charge in [0.25, 0.3) is 0 Å². The van der Waals surface area contributed by atoms with Crippen molar-refractivity contribution in [3.05, 3.63) is 78.5 Å². The molecule has 0 fully saturated rings. The van der Waals surface area contributed by atoms with Crippen molar-refractivity contribution in [2.75, 3.05) is 16.4 Å². The Hall–Kier alpha value is -3.87. The molecule has 2 amide bonds. The number of imidazole rings is 1. The minimum Gasteiger partial charge on any atom is -0.382 e. The van der Waals surface area contributed by atoms with Gasteiger partial charge in [0, 0.05) is 17.4 Å². The lowest BCUT2D eigenvalue weighted by Gasteiger charge is -2.10. The van der Waals surface area contributed by atoms with Gasteiger partial charge < -0.3 is 20.8 Å². The number of nitrogen functional groups attached to an aromatic ring is 1. The summed E-state index contributed by atoms with van der Waals surface area (Å²) < 4.78 is 15.6. The molecular formula is C21H18FN5O. The minimum absolute atomic E-state index is 0.136. The largest absolute Gasteiger partial charge is 0.382 e. The van der Waals surface area contributed by atoms with Crippen molar-refractivity contribution in [3.8, 4) is 11.1 Å². The maximum Gasteiger partial charge on any atom is 0.323 e. The van der Waals surface area contributed by atoms with Crippen LogP contribution >= 0.6 is 0 Å². The number of aromatic nitrogens is 2. The van der Waals surface area contributed by atoms with Crippen LogP contribution in [0.3, 0.4) is 0 Å². The van der Waals surface area contributed by atoms with Gasteiger partial charge in [-0.2, -0.15) is 0 Å². The smallest absolute Gasteiger partial charge is 0.323 e. The van der Waals surface area contributed by atoms with Crippen LogP contribution in [0.1, 0.15) is 5.56 Å². The van der Waals surface area contributed by atoms with Gasteiger partial charge in [-0.05, 0) is 48.4 Å². The number of halogens is 1. The highest BCUT2D eigenvalue weighted by Gasteiger charge is 2.10. The van der Waals surface area contributed by atoms with E-state index in [2.05, 4.69) is 15.6 Å². The lowest BCUT2D eigenvalue weighted by atomic mass is 10.1. The summed E-state index contributed by atoms with van der Waals surface area (Å²) in [7, 11) is 0. The molecule has 140 valence electrons. The van der Waals surface area contributed by atoms with E-state index >= 15 is 0 Å². The number of carbonyl (C=O) groups is 1. The van der Waals surface area contributed by atoms with Crippen molar-refractivity contribution in [1.82, 2.24) is 9.38 Å². The highest BCUT2D eigenvalue weighted by atomic mass is 19.1. The second kappa shape index (κ2) is 7.03. The standard InChI is InChI=1S/C21H18FN5O/c1-13-4-9-17(22)18(11-13)26-21(28)25-15-7-5-14(6-8-15)16-3-2-10-27-12-24-20(23)19(16)27/h2-12H,23H2,1H3,(H2,25,26,28). The van der Waals surface area contributed by atoms with Crippen molar-refractivity contribution < 1.29 is 9.18 Å². The molecule has 6 nitrogen and oxygen atoms in total. The molecule has 4 aromatic rings. The molecule has 0 radical (unpaired) electrons. The van der Waals surface area contributed by atoms with E-state index in [0.29, 0.717) is 11.5 Å². The number of aryl methyl sites for hydroxylation is 1. The number of carbonyl (C=O) groups excluding carboxylic acids is 1. The summed E-state index contributed by atoms with van der Waals surface area (Å²) in [4.78, 5) is 16.3. The number of urea groups is 1. The molecule has 0 bridgehead atoms. The molecule has 0 aliphatic carbocycles. The van der Waals surface area contributed by atoms with Gasteiger partial charge in [0.2, 0.25) is 0 Å². The fourth-order valence-corrected chi connectivity index (χ4v) is 3.06. The summed E-state index contributed by atoms with van der Waals surface area (Å²) in [5, 5.41) is 5.22. The number of nitrogens with zero attached hydrogens (tertiary/aromatic N) is 2. The zero-order chi connectivity index (χ0) is 19.7. The van der Waals surface area contributed by atoms with E-state index in [1.165, 1.54) is 6.07 Å². The zero-order valence-electron chi connectivity index (χ0n) is 15.1. The zero-order valence-corrected chi connectivity index (χ0v) is 15.1. The Balaban J connectivity index is 1.52. The van der Waals surface area contributed by atoms with Gasteiger partial charge >= 0.3 is 6.03 Å². The van der Waals surface area contributed by atoms with Crippen LogP contribution in [0.25, 0.3) is 16.6 Å². The van der Waals surface area contributed by atoms with Gasteiger partial charge in [-0.3, -0.25) is 0 Å². The Kier molecular flexibility index (Phi) is 4.41. The van der Waals surface area contributed by atoms with Crippen LogP contribution in [0, 0.1) is 12.7 Å². The van der Waals surface area contributed by atoms with Crippen LogP contribution in [0.15, 0.2) is 67.1 Å². The fourth-order valence-electron chi connectivity index (χ4n) is 3.06. The molecular weight excluding hydrogens is 357 g/mol. The SMILES string of the molecule is Cc1ccc(F)c(NC(=O)Nc2ccc(-c3cccn4cnc(N)c34)cc2)c1. The molecule has 0 spiro atoms. The highest BCUT2D eigenvalue weighted by Crippen LogP contribution is 2.28. The number of hydrogen-bond donors (Lipinski definition) is 3. The van der Waals surface area contributed by atoms with Gasteiger partial charge in [-0.15, -0.1) is 0 Å². The maximum atomic E-state index is 13.8. The Labute approximate surface area is 160 Å². The lowest BCUT2D eigenvalue weighted by Crippen LogP contribution is -2.20. The number of benzene rings is 2. The summed E-state index contributed by atoms with van der Waals surface area (Å²) in [5.74, 6) is -0.0278. The summed E-state index contributed by atoms with van der Waals surface area (Å²) in [6.07, 6.45) is 3.55. The number of nitrogens with two attached hydrogens (primary N) is 1. The molecule has 2 aromatic carbocycles. The Morgan fingerprint density at radius 2 is 1.89 bits per heavy atom. The van der Waals surface area contributed by atoms with Gasteiger partial charge in [0.15, 0.2) is 0 Å². The summed E-state index contributed by atoms with van der Waals surface area (Å²) in [6, 6.07) is 15.2. The van der Waals surface area contributed by atoms with Crippen molar-refractivity contribution in [2.24, 2.45) is 0 Å². The Morgan fingerprint density at radius 1 is 1.11 bits per heavy atom. The monoisotopic (exact) mass is 375 g/mol. The minimum atomic E-state index is -0.514. The molecule has 0 aliphatic heterocycles. The first-order chi connectivity index (χ1) is 13.5. The normalized spacial score (nSPS) is 10.8. The molecule has 0 unspecified atom stereocenters. The average molecular weight is 375 g/mol. The van der Waals surface area contributed by atoms with E-state index in [-0.39, 0.29) is 5.69 Å². The van der Waals surface area contributed by atoms with Crippen molar-refractivity contribution in [3.63, 3.8) is 0 Å². The van der Waals surface area contributed by atoms with E-state index in [1.54, 1.807) is 30.6 Å². The van der Waals surface area contributed by atoms with E-state index in [4.69, 9.17) is 5.73 Å². The van der Waals surface area contributed by atoms with E-state index < -0.39 is 11.8 Å². The third-order valence-corrected chi connectivity index (χ3v) is 4.41. The van der Waals surface area contributed by atoms with Crippen molar-refractivity contribution >= 4 is 28.7 Å². The van der Waals surface area contributed by atoms with Gasteiger partial charge in [0.1, 0.15) is 18.0 Å². The first kappa shape index (κ1) is 17.5. The van der Waals surface area contributed by atoms with Crippen LogP contribution in [-0.2, 0) is 0 Å². The topological polar surface area (TPSA) is 84.5 Å². The number of anilines is 3. The quantitative estimate of drug-likeness (QED) is 0.486. The summed E-state index contributed by atoms with van der Waals surface area (Å²) >= 11 is 0. The van der Waals surface area contributed by atoms with Crippen LogP contribution in [0.2, 0.25) is 0 Å². The van der Waals surface area contributed by atoms with E-state index in [9.17, 15) is 9.18 Å². The Morgan fingerprint density at radius 3 is 2.68 bits per heavy atom. The number of hydrogen-bond acceptors (Lipinski definition) is 3. The molecule has 2 heterocycles. The first-order valence-electron chi connectivity index (χ1n) is 8.67. The molecule has 28 heavy (non-hydrogen) atoms. The number of nitrogens with one attached hydrogen (secondary N) is 2. The second-order valence-electron chi connectivity index (χ2n) is 6.45. The molecule has 0 aliphatic rings. The van der Waals surface area contributed by atoms with E-state index in [1.807, 2.05) is 41.8 Å². The van der Waals surface area contributed by atoms with Crippen LogP contribution in [-0.4, -0.2) is 15.4 Å². The maximum absolute atomic E-state index is 13.8. The molecule has 0 saturated carbocycles. The molecule has 4 N–H and O–H groups in total. The molecule has 0 saturated heterocycles. The molecule has 7 heteroatoms. The third-order valence-electron chi connectivity index (χ3n) is 4.41. The average Bonchev–Trinajstić information content (AvgIpc) is 3.07. The van der Waals surface area contributed by atoms with Gasteiger partial charge in [-0.1, -0.05) is 24.3 Å². The first-order valence-corrected chi connectivity index (χ1v) is 8.67. The fraction of sp³-hybridized carbons (Fsp3) is 0.0476. The third kappa shape index (κ3) is 3.37. The lowest BCUT2D eigenvalue weighted by molar-refractivity contribution is 0.262. The molecule has 4 rings (SSSR count). The van der Waals surface area contributed by atoms with Crippen molar-refractivity contribution in [1.29, 1.82) is 0 Å². The van der Waals surface area contributed by atoms with Gasteiger partial charge in [-0.25, -0.2) is 14.2 Å². The molecule has 0 atom stereocenters. The number of pyridine rings is 1. The Bertz CT molecular complexity index is 1170. The second-order valence-corrected chi connectivity index (χ2v) is 6.45. The van der Waals surface area contributed by atoms with Gasteiger partial charge in [0.05, 0.1) is 11.2 Å². The number of rotatable bonds is 3.